The SMILES string of the molecule is c1cnc2c(OCCCCOc3cccc4cccnc34)cccc2c1. The second-order valence-electron chi connectivity index (χ2n) is 6.07. The molecule has 26 heavy (non-hydrogen) atoms. The maximum absolute atomic E-state index is 5.91. The predicted octanol–water partition coefficient (Wildman–Crippen LogP) is 5.02. The van der Waals surface area contributed by atoms with Gasteiger partial charge < -0.3 is 9.47 Å². The van der Waals surface area contributed by atoms with Crippen molar-refractivity contribution in [3.8, 4) is 11.5 Å². The monoisotopic (exact) mass is 344 g/mol. The lowest BCUT2D eigenvalue weighted by molar-refractivity contribution is 0.269. The maximum Gasteiger partial charge on any atom is 0.145 e. The van der Waals surface area contributed by atoms with E-state index in [4.69, 9.17) is 9.47 Å². The summed E-state index contributed by atoms with van der Waals surface area (Å²) in [5.41, 5.74) is 1.82. The first-order valence-corrected chi connectivity index (χ1v) is 8.85. The van der Waals surface area contributed by atoms with E-state index in [1.54, 1.807) is 12.4 Å². The molecule has 130 valence electrons. The van der Waals surface area contributed by atoms with Crippen molar-refractivity contribution < 1.29 is 9.47 Å². The summed E-state index contributed by atoms with van der Waals surface area (Å²) in [5, 5.41) is 2.19. The van der Waals surface area contributed by atoms with Gasteiger partial charge in [0.15, 0.2) is 0 Å². The number of aromatic nitrogens is 2. The summed E-state index contributed by atoms with van der Waals surface area (Å²) >= 11 is 0. The van der Waals surface area contributed by atoms with E-state index in [9.17, 15) is 0 Å². The van der Waals surface area contributed by atoms with Crippen molar-refractivity contribution >= 4 is 21.8 Å². The lowest BCUT2D eigenvalue weighted by Crippen LogP contribution is -2.03. The Kier molecular flexibility index (Phi) is 4.92. The van der Waals surface area contributed by atoms with Gasteiger partial charge >= 0.3 is 0 Å². The first kappa shape index (κ1) is 16.3. The molecule has 0 saturated heterocycles. The highest BCUT2D eigenvalue weighted by Crippen LogP contribution is 2.24. The van der Waals surface area contributed by atoms with Gasteiger partial charge in [0.1, 0.15) is 22.5 Å². The molecule has 0 aliphatic carbocycles. The molecule has 0 N–H and O–H groups in total. The molecule has 0 bridgehead atoms. The van der Waals surface area contributed by atoms with E-state index in [-0.39, 0.29) is 0 Å². The van der Waals surface area contributed by atoms with Gasteiger partial charge in [0.05, 0.1) is 13.2 Å². The van der Waals surface area contributed by atoms with Crippen LogP contribution in [0.1, 0.15) is 12.8 Å². The molecule has 0 radical (unpaired) electrons. The average molecular weight is 344 g/mol. The summed E-state index contributed by atoms with van der Waals surface area (Å²) in [6.45, 7) is 1.29. The molecule has 0 spiro atoms. The van der Waals surface area contributed by atoms with Gasteiger partial charge in [-0.05, 0) is 37.1 Å². The van der Waals surface area contributed by atoms with Crippen molar-refractivity contribution in [1.29, 1.82) is 0 Å². The zero-order chi connectivity index (χ0) is 17.6. The summed E-state index contributed by atoms with van der Waals surface area (Å²) in [7, 11) is 0. The van der Waals surface area contributed by atoms with Crippen LogP contribution in [0.25, 0.3) is 21.8 Å². The van der Waals surface area contributed by atoms with Crippen molar-refractivity contribution in [3.05, 3.63) is 73.1 Å². The largest absolute Gasteiger partial charge is 0.491 e. The van der Waals surface area contributed by atoms with Crippen LogP contribution in [-0.2, 0) is 0 Å². The highest BCUT2D eigenvalue weighted by atomic mass is 16.5. The third kappa shape index (κ3) is 3.59. The summed E-state index contributed by atoms with van der Waals surface area (Å²) in [4.78, 5) is 8.82. The van der Waals surface area contributed by atoms with E-state index >= 15 is 0 Å². The lowest BCUT2D eigenvalue weighted by Gasteiger charge is -2.10. The minimum Gasteiger partial charge on any atom is -0.491 e. The number of para-hydroxylation sites is 2. The van der Waals surface area contributed by atoms with Crippen LogP contribution in [0, 0.1) is 0 Å². The molecule has 0 fully saturated rings. The Morgan fingerprint density at radius 2 is 1.04 bits per heavy atom. The number of nitrogens with zero attached hydrogens (tertiary/aromatic N) is 2. The first-order valence-electron chi connectivity index (χ1n) is 8.85. The molecule has 2 heterocycles. The first-order chi connectivity index (χ1) is 12.9. The number of unbranched alkanes of at least 4 members (excludes halogenated alkanes) is 1. The second-order valence-corrected chi connectivity index (χ2v) is 6.07. The molecule has 4 rings (SSSR count). The van der Waals surface area contributed by atoms with Gasteiger partial charge in [-0.2, -0.15) is 0 Å². The van der Waals surface area contributed by atoms with E-state index in [0.29, 0.717) is 13.2 Å². The van der Waals surface area contributed by atoms with Gasteiger partial charge in [-0.25, -0.2) is 0 Å². The Labute approximate surface area is 152 Å². The summed E-state index contributed by atoms with van der Waals surface area (Å²) in [6, 6.07) is 20.0. The fourth-order valence-electron chi connectivity index (χ4n) is 2.95. The highest BCUT2D eigenvalue weighted by Gasteiger charge is 2.04. The molecule has 0 aliphatic rings. The molecule has 0 aliphatic heterocycles. The molecule has 0 amide bonds. The van der Waals surface area contributed by atoms with Crippen LogP contribution in [0.15, 0.2) is 73.1 Å². The Balaban J connectivity index is 1.28. The standard InChI is InChI=1S/C22H20N2O2/c1(15-25-19-11-3-7-17-9-5-13-23-21(17)19)2-16-26-20-12-4-8-18-10-6-14-24-22(18)20/h3-14H,1-2,15-16H2. The van der Waals surface area contributed by atoms with Crippen LogP contribution < -0.4 is 9.47 Å². The van der Waals surface area contributed by atoms with Gasteiger partial charge in [-0.15, -0.1) is 0 Å². The number of benzene rings is 2. The molecule has 2 aromatic heterocycles. The van der Waals surface area contributed by atoms with Gasteiger partial charge in [-0.1, -0.05) is 36.4 Å². The van der Waals surface area contributed by atoms with Crippen molar-refractivity contribution in [3.63, 3.8) is 0 Å². The minimum absolute atomic E-state index is 0.646. The number of pyridine rings is 2. The van der Waals surface area contributed by atoms with Crippen LogP contribution >= 0.6 is 0 Å². The van der Waals surface area contributed by atoms with Crippen LogP contribution in [0.5, 0.6) is 11.5 Å². The van der Waals surface area contributed by atoms with E-state index < -0.39 is 0 Å². The number of ether oxygens (including phenoxy) is 2. The highest BCUT2D eigenvalue weighted by molar-refractivity contribution is 5.84. The zero-order valence-corrected chi connectivity index (χ0v) is 14.5. The van der Waals surface area contributed by atoms with Gasteiger partial charge in [0.2, 0.25) is 0 Å². The Morgan fingerprint density at radius 3 is 1.54 bits per heavy atom. The van der Waals surface area contributed by atoms with Crippen molar-refractivity contribution in [2.24, 2.45) is 0 Å². The Morgan fingerprint density at radius 1 is 0.577 bits per heavy atom. The zero-order valence-electron chi connectivity index (χ0n) is 14.5. The van der Waals surface area contributed by atoms with Gasteiger partial charge in [-0.3, -0.25) is 9.97 Å². The second kappa shape index (κ2) is 7.83. The molecule has 0 atom stereocenters. The maximum atomic E-state index is 5.91. The molecule has 4 nitrogen and oxygen atoms in total. The predicted molar refractivity (Wildman–Crippen MR) is 104 cm³/mol. The van der Waals surface area contributed by atoms with Gasteiger partial charge in [0, 0.05) is 23.2 Å². The lowest BCUT2D eigenvalue weighted by atomic mass is 10.2. The van der Waals surface area contributed by atoms with E-state index in [1.165, 1.54) is 0 Å². The van der Waals surface area contributed by atoms with Crippen molar-refractivity contribution in [2.45, 2.75) is 12.8 Å². The number of hydrogen-bond donors (Lipinski definition) is 0. The third-order valence-electron chi connectivity index (χ3n) is 4.25. The topological polar surface area (TPSA) is 44.2 Å². The fraction of sp³-hybridized carbons (Fsp3) is 0.182. The molecular formula is C22H20N2O2. The molecule has 4 heteroatoms. The average Bonchev–Trinajstić information content (AvgIpc) is 2.71. The van der Waals surface area contributed by atoms with E-state index in [0.717, 1.165) is 46.1 Å². The Bertz CT molecular complexity index is 923. The third-order valence-corrected chi connectivity index (χ3v) is 4.25. The van der Waals surface area contributed by atoms with Crippen LogP contribution in [0.2, 0.25) is 0 Å². The molecular weight excluding hydrogens is 324 g/mol. The van der Waals surface area contributed by atoms with Crippen LogP contribution in [0.3, 0.4) is 0 Å². The number of hydrogen-bond acceptors (Lipinski definition) is 4. The molecule has 0 saturated carbocycles. The fourth-order valence-corrected chi connectivity index (χ4v) is 2.95. The van der Waals surface area contributed by atoms with E-state index in [2.05, 4.69) is 9.97 Å². The summed E-state index contributed by atoms with van der Waals surface area (Å²) < 4.78 is 11.8. The number of fused-ring (bicyclic) bond motifs is 2. The van der Waals surface area contributed by atoms with Crippen LogP contribution in [-0.4, -0.2) is 23.2 Å². The van der Waals surface area contributed by atoms with Crippen molar-refractivity contribution in [1.82, 2.24) is 9.97 Å². The Hall–Kier alpha value is -3.14. The molecule has 0 unspecified atom stereocenters. The normalized spacial score (nSPS) is 10.9. The minimum atomic E-state index is 0.646. The summed E-state index contributed by atoms with van der Waals surface area (Å²) in [6.07, 6.45) is 5.42. The molecule has 4 aromatic rings. The quantitative estimate of drug-likeness (QED) is 0.442. The van der Waals surface area contributed by atoms with Crippen molar-refractivity contribution in [2.75, 3.05) is 13.2 Å². The number of rotatable bonds is 7. The summed E-state index contributed by atoms with van der Waals surface area (Å²) in [5.74, 6) is 1.67. The van der Waals surface area contributed by atoms with Gasteiger partial charge in [0.25, 0.3) is 0 Å². The smallest absolute Gasteiger partial charge is 0.145 e. The van der Waals surface area contributed by atoms with E-state index in [1.807, 2.05) is 60.7 Å². The molecule has 2 aromatic carbocycles. The van der Waals surface area contributed by atoms with Crippen LogP contribution in [0.4, 0.5) is 0 Å².